The molecule has 0 radical (unpaired) electrons. The lowest BCUT2D eigenvalue weighted by Crippen LogP contribution is -1.90. The fourth-order valence-corrected chi connectivity index (χ4v) is 1.40. The smallest absolute Gasteiger partial charge is 0.0154 e. The second kappa shape index (κ2) is 4.56. The zero-order valence-electron chi connectivity index (χ0n) is 7.75. The van der Waals surface area contributed by atoms with Crippen molar-refractivity contribution in [1.82, 2.24) is 0 Å². The largest absolute Gasteiger partial charge is 0.175 e. The topological polar surface area (TPSA) is 0 Å². The van der Waals surface area contributed by atoms with Crippen molar-refractivity contribution < 1.29 is 0 Å². The van der Waals surface area contributed by atoms with E-state index in [1.807, 2.05) is 0 Å². The summed E-state index contributed by atoms with van der Waals surface area (Å²) in [5, 5.41) is 0. The first-order valence-electron chi connectivity index (χ1n) is 4.47. The molecule has 1 aromatic carbocycles. The van der Waals surface area contributed by atoms with Gasteiger partial charge in [-0.2, -0.15) is 12.6 Å². The van der Waals surface area contributed by atoms with E-state index in [-0.39, 0.29) is 0 Å². The summed E-state index contributed by atoms with van der Waals surface area (Å²) < 4.78 is 0. The van der Waals surface area contributed by atoms with Crippen molar-refractivity contribution in [2.45, 2.75) is 31.9 Å². The molecule has 0 N–H and O–H groups in total. The van der Waals surface area contributed by atoms with Crippen LogP contribution in [0.5, 0.6) is 0 Å². The summed E-state index contributed by atoms with van der Waals surface area (Å²) in [5.74, 6) is 1.51. The van der Waals surface area contributed by atoms with Crippen LogP contribution in [0.25, 0.3) is 0 Å². The van der Waals surface area contributed by atoms with Crippen LogP contribution in [0.4, 0.5) is 0 Å². The Morgan fingerprint density at radius 3 is 2.25 bits per heavy atom. The highest BCUT2D eigenvalue weighted by Crippen LogP contribution is 2.18. The van der Waals surface area contributed by atoms with Crippen LogP contribution in [0.3, 0.4) is 0 Å². The van der Waals surface area contributed by atoms with Gasteiger partial charge in [-0.3, -0.25) is 0 Å². The third-order valence-corrected chi connectivity index (χ3v) is 2.71. The van der Waals surface area contributed by atoms with Gasteiger partial charge in [0, 0.05) is 5.75 Å². The molecule has 1 unspecified atom stereocenters. The van der Waals surface area contributed by atoms with Crippen molar-refractivity contribution in [2.75, 3.05) is 0 Å². The van der Waals surface area contributed by atoms with Crippen LogP contribution in [0.15, 0.2) is 24.3 Å². The summed E-state index contributed by atoms with van der Waals surface area (Å²) in [4.78, 5) is 0. The Hall–Kier alpha value is -0.430. The van der Waals surface area contributed by atoms with E-state index in [9.17, 15) is 0 Å². The highest BCUT2D eigenvalue weighted by atomic mass is 32.1. The Balaban J connectivity index is 2.77. The third-order valence-electron chi connectivity index (χ3n) is 2.34. The molecule has 1 atom stereocenters. The van der Waals surface area contributed by atoms with Gasteiger partial charge < -0.3 is 0 Å². The molecule has 66 valence electrons. The van der Waals surface area contributed by atoms with Crippen molar-refractivity contribution >= 4 is 12.6 Å². The fraction of sp³-hybridized carbons (Fsp3) is 0.455. The van der Waals surface area contributed by atoms with Crippen LogP contribution in [0.2, 0.25) is 0 Å². The molecule has 1 heteroatoms. The summed E-state index contributed by atoms with van der Waals surface area (Å²) >= 11 is 4.22. The lowest BCUT2D eigenvalue weighted by molar-refractivity contribution is 0.733. The summed E-state index contributed by atoms with van der Waals surface area (Å²) in [7, 11) is 0. The van der Waals surface area contributed by atoms with Gasteiger partial charge in [-0.15, -0.1) is 0 Å². The van der Waals surface area contributed by atoms with E-state index in [0.29, 0.717) is 5.92 Å². The van der Waals surface area contributed by atoms with Gasteiger partial charge in [-0.1, -0.05) is 38.1 Å². The van der Waals surface area contributed by atoms with E-state index in [1.165, 1.54) is 17.5 Å². The first-order valence-corrected chi connectivity index (χ1v) is 5.10. The molecule has 1 aromatic rings. The standard InChI is InChI=1S/C11H16S/c1-3-9(2)11-6-4-10(8-12)5-7-11/h4-7,9,12H,3,8H2,1-2H3. The zero-order chi connectivity index (χ0) is 8.97. The Morgan fingerprint density at radius 1 is 1.25 bits per heavy atom. The lowest BCUT2D eigenvalue weighted by Gasteiger charge is -2.08. The van der Waals surface area contributed by atoms with Gasteiger partial charge in [0.15, 0.2) is 0 Å². The zero-order valence-corrected chi connectivity index (χ0v) is 8.64. The Morgan fingerprint density at radius 2 is 1.83 bits per heavy atom. The number of thiol groups is 1. The van der Waals surface area contributed by atoms with Crippen molar-refractivity contribution in [3.8, 4) is 0 Å². The predicted molar refractivity (Wildman–Crippen MR) is 57.8 cm³/mol. The molecule has 0 saturated heterocycles. The van der Waals surface area contributed by atoms with Gasteiger partial charge in [0.1, 0.15) is 0 Å². The minimum atomic E-state index is 0.680. The van der Waals surface area contributed by atoms with Crippen LogP contribution in [0, 0.1) is 0 Å². The molecule has 1 rings (SSSR count). The van der Waals surface area contributed by atoms with Gasteiger partial charge in [0.2, 0.25) is 0 Å². The Kier molecular flexibility index (Phi) is 3.67. The summed E-state index contributed by atoms with van der Waals surface area (Å²) in [6, 6.07) is 8.74. The van der Waals surface area contributed by atoms with E-state index >= 15 is 0 Å². The van der Waals surface area contributed by atoms with E-state index in [4.69, 9.17) is 0 Å². The van der Waals surface area contributed by atoms with Crippen LogP contribution >= 0.6 is 12.6 Å². The highest BCUT2D eigenvalue weighted by Gasteiger charge is 2.01. The van der Waals surface area contributed by atoms with Gasteiger partial charge in [0.05, 0.1) is 0 Å². The molecular formula is C11H16S. The normalized spacial score (nSPS) is 12.9. The Bertz CT molecular complexity index is 225. The Labute approximate surface area is 80.4 Å². The second-order valence-corrected chi connectivity index (χ2v) is 3.53. The van der Waals surface area contributed by atoms with Crippen molar-refractivity contribution in [1.29, 1.82) is 0 Å². The highest BCUT2D eigenvalue weighted by molar-refractivity contribution is 7.79. The molecule has 0 aliphatic rings. The maximum atomic E-state index is 4.22. The average molecular weight is 180 g/mol. The molecule has 0 nitrogen and oxygen atoms in total. The quantitative estimate of drug-likeness (QED) is 0.675. The first-order chi connectivity index (χ1) is 5.77. The first kappa shape index (κ1) is 9.66. The van der Waals surface area contributed by atoms with Crippen molar-refractivity contribution in [3.63, 3.8) is 0 Å². The molecule has 0 bridgehead atoms. The molecule has 0 heterocycles. The molecular weight excluding hydrogens is 164 g/mol. The fourth-order valence-electron chi connectivity index (χ4n) is 1.19. The number of hydrogen-bond acceptors (Lipinski definition) is 1. The molecule has 0 amide bonds. The van der Waals surface area contributed by atoms with Crippen molar-refractivity contribution in [2.24, 2.45) is 0 Å². The van der Waals surface area contributed by atoms with Crippen LogP contribution in [0.1, 0.15) is 37.3 Å². The molecule has 0 aliphatic heterocycles. The number of hydrogen-bond donors (Lipinski definition) is 1. The minimum absolute atomic E-state index is 0.680. The van der Waals surface area contributed by atoms with E-state index in [0.717, 1.165) is 5.75 Å². The number of rotatable bonds is 3. The van der Waals surface area contributed by atoms with Gasteiger partial charge >= 0.3 is 0 Å². The van der Waals surface area contributed by atoms with E-state index in [2.05, 4.69) is 50.7 Å². The molecule has 0 saturated carbocycles. The van der Waals surface area contributed by atoms with Crippen LogP contribution < -0.4 is 0 Å². The predicted octanol–water partition coefficient (Wildman–Crippen LogP) is 3.63. The monoisotopic (exact) mass is 180 g/mol. The van der Waals surface area contributed by atoms with Gasteiger partial charge in [-0.05, 0) is 23.5 Å². The molecule has 0 aromatic heterocycles. The third kappa shape index (κ3) is 2.28. The maximum absolute atomic E-state index is 4.22. The summed E-state index contributed by atoms with van der Waals surface area (Å²) in [6.07, 6.45) is 1.21. The van der Waals surface area contributed by atoms with E-state index < -0.39 is 0 Å². The minimum Gasteiger partial charge on any atom is -0.175 e. The summed E-state index contributed by atoms with van der Waals surface area (Å²) in [5.41, 5.74) is 2.73. The van der Waals surface area contributed by atoms with Crippen LogP contribution in [-0.4, -0.2) is 0 Å². The lowest BCUT2D eigenvalue weighted by atomic mass is 9.98. The SMILES string of the molecule is CCC(C)c1ccc(CS)cc1. The van der Waals surface area contributed by atoms with E-state index in [1.54, 1.807) is 0 Å². The van der Waals surface area contributed by atoms with Gasteiger partial charge in [0.25, 0.3) is 0 Å². The molecule has 0 aliphatic carbocycles. The average Bonchev–Trinajstić information content (AvgIpc) is 2.17. The van der Waals surface area contributed by atoms with Crippen LogP contribution in [-0.2, 0) is 5.75 Å². The maximum Gasteiger partial charge on any atom is 0.0154 e. The number of benzene rings is 1. The molecule has 0 fully saturated rings. The van der Waals surface area contributed by atoms with Crippen molar-refractivity contribution in [3.05, 3.63) is 35.4 Å². The second-order valence-electron chi connectivity index (χ2n) is 3.21. The summed E-state index contributed by atoms with van der Waals surface area (Å²) in [6.45, 7) is 4.48. The van der Waals surface area contributed by atoms with Gasteiger partial charge in [-0.25, -0.2) is 0 Å². The molecule has 12 heavy (non-hydrogen) atoms. The molecule has 0 spiro atoms.